The SMILES string of the molecule is OB(O)c1sc2cc(O)ccc2c1O. The minimum absolute atomic E-state index is 0.0812. The van der Waals surface area contributed by atoms with Gasteiger partial charge in [-0.1, -0.05) is 0 Å². The van der Waals surface area contributed by atoms with Crippen LogP contribution in [0.25, 0.3) is 10.1 Å². The van der Waals surface area contributed by atoms with E-state index in [1.54, 1.807) is 0 Å². The van der Waals surface area contributed by atoms with Crippen molar-refractivity contribution in [1.29, 1.82) is 0 Å². The largest absolute Gasteiger partial charge is 0.508 e. The molecule has 14 heavy (non-hydrogen) atoms. The van der Waals surface area contributed by atoms with Crippen LogP contribution in [0.15, 0.2) is 18.2 Å². The molecule has 0 fully saturated rings. The Bertz CT molecular complexity index is 479. The van der Waals surface area contributed by atoms with Crippen LogP contribution in [0.4, 0.5) is 0 Å². The third-order valence-corrected chi connectivity index (χ3v) is 3.09. The molecule has 2 rings (SSSR count). The molecule has 0 saturated carbocycles. The van der Waals surface area contributed by atoms with E-state index in [0.717, 1.165) is 11.3 Å². The Hall–Kier alpha value is -1.24. The molecule has 2 aromatic rings. The molecule has 0 atom stereocenters. The van der Waals surface area contributed by atoms with E-state index in [4.69, 9.17) is 15.2 Å². The van der Waals surface area contributed by atoms with Gasteiger partial charge in [0.25, 0.3) is 0 Å². The summed E-state index contributed by atoms with van der Waals surface area (Å²) in [6, 6.07) is 4.43. The second kappa shape index (κ2) is 3.16. The highest BCUT2D eigenvalue weighted by Gasteiger charge is 2.21. The minimum Gasteiger partial charge on any atom is -0.508 e. The van der Waals surface area contributed by atoms with Gasteiger partial charge in [-0.05, 0) is 18.2 Å². The second-order valence-corrected chi connectivity index (χ2v) is 3.95. The Morgan fingerprint density at radius 3 is 2.50 bits per heavy atom. The average Bonchev–Trinajstić information content (AvgIpc) is 2.43. The molecule has 0 amide bonds. The zero-order chi connectivity index (χ0) is 10.3. The molecule has 4 N–H and O–H groups in total. The van der Waals surface area contributed by atoms with Gasteiger partial charge < -0.3 is 20.3 Å². The summed E-state index contributed by atoms with van der Waals surface area (Å²) in [6.45, 7) is 0. The van der Waals surface area contributed by atoms with Crippen LogP contribution in [-0.2, 0) is 0 Å². The van der Waals surface area contributed by atoms with Gasteiger partial charge in [-0.15, -0.1) is 11.3 Å². The van der Waals surface area contributed by atoms with Crippen molar-refractivity contribution in [1.82, 2.24) is 0 Å². The van der Waals surface area contributed by atoms with E-state index >= 15 is 0 Å². The number of thiophene rings is 1. The number of hydrogen-bond acceptors (Lipinski definition) is 5. The predicted molar refractivity (Wildman–Crippen MR) is 55.0 cm³/mol. The first kappa shape index (κ1) is 9.33. The molecule has 0 aliphatic heterocycles. The Morgan fingerprint density at radius 1 is 1.14 bits per heavy atom. The topological polar surface area (TPSA) is 80.9 Å². The molecule has 0 bridgehead atoms. The molecule has 4 nitrogen and oxygen atoms in total. The van der Waals surface area contributed by atoms with Crippen molar-refractivity contribution >= 4 is 33.3 Å². The minimum atomic E-state index is -1.69. The standard InChI is InChI=1S/C8H7BO4S/c10-4-1-2-5-6(3-4)14-8(7(5)11)9(12)13/h1-3,10-13H. The first-order valence-electron chi connectivity index (χ1n) is 3.90. The second-order valence-electron chi connectivity index (χ2n) is 2.87. The summed E-state index contributed by atoms with van der Waals surface area (Å²) in [5.74, 6) is -0.0577. The van der Waals surface area contributed by atoms with E-state index in [9.17, 15) is 5.11 Å². The molecule has 0 aliphatic carbocycles. The Morgan fingerprint density at radius 2 is 1.86 bits per heavy atom. The van der Waals surface area contributed by atoms with Gasteiger partial charge in [0.15, 0.2) is 0 Å². The maximum atomic E-state index is 9.56. The first-order valence-corrected chi connectivity index (χ1v) is 4.72. The smallest absolute Gasteiger partial charge is 0.502 e. The Labute approximate surface area is 83.8 Å². The maximum Gasteiger partial charge on any atom is 0.502 e. The van der Waals surface area contributed by atoms with Gasteiger partial charge in [-0.2, -0.15) is 0 Å². The summed E-state index contributed by atoms with van der Waals surface area (Å²) in [6.07, 6.45) is 0. The average molecular weight is 210 g/mol. The molecule has 6 heteroatoms. The molecule has 0 aliphatic rings. The lowest BCUT2D eigenvalue weighted by Crippen LogP contribution is -2.26. The molecular formula is C8H7BO4S. The molecule has 0 spiro atoms. The highest BCUT2D eigenvalue weighted by Crippen LogP contribution is 2.31. The number of rotatable bonds is 1. The molecule has 0 saturated heterocycles. The van der Waals surface area contributed by atoms with Crippen LogP contribution >= 0.6 is 11.3 Å². The third-order valence-electron chi connectivity index (χ3n) is 1.91. The van der Waals surface area contributed by atoms with Gasteiger partial charge in [0.05, 0.1) is 4.78 Å². The third kappa shape index (κ3) is 1.33. The van der Waals surface area contributed by atoms with Gasteiger partial charge >= 0.3 is 7.12 Å². The summed E-state index contributed by atoms with van der Waals surface area (Å²) in [5.41, 5.74) is 0. The van der Waals surface area contributed by atoms with Crippen molar-refractivity contribution in [2.45, 2.75) is 0 Å². The number of fused-ring (bicyclic) bond motifs is 1. The molecule has 1 heterocycles. The van der Waals surface area contributed by atoms with Crippen LogP contribution in [-0.4, -0.2) is 27.4 Å². The van der Waals surface area contributed by atoms with E-state index in [1.165, 1.54) is 18.2 Å². The van der Waals surface area contributed by atoms with Crippen molar-refractivity contribution in [2.75, 3.05) is 0 Å². The number of phenols is 1. The predicted octanol–water partition coefficient (Wildman–Crippen LogP) is -0.00770. The lowest BCUT2D eigenvalue weighted by molar-refractivity contribution is 0.422. The fourth-order valence-corrected chi connectivity index (χ4v) is 2.27. The van der Waals surface area contributed by atoms with Crippen molar-refractivity contribution in [3.8, 4) is 11.5 Å². The molecule has 0 radical (unpaired) electrons. The van der Waals surface area contributed by atoms with Gasteiger partial charge in [0.1, 0.15) is 11.5 Å². The lowest BCUT2D eigenvalue weighted by Gasteiger charge is -1.94. The van der Waals surface area contributed by atoms with Crippen molar-refractivity contribution in [3.63, 3.8) is 0 Å². The lowest BCUT2D eigenvalue weighted by atomic mass is 9.88. The summed E-state index contributed by atoms with van der Waals surface area (Å²) in [7, 11) is -1.69. The highest BCUT2D eigenvalue weighted by atomic mass is 32.1. The van der Waals surface area contributed by atoms with Crippen LogP contribution in [0.5, 0.6) is 11.5 Å². The monoisotopic (exact) mass is 210 g/mol. The Kier molecular flexibility index (Phi) is 2.11. The molecule has 72 valence electrons. The highest BCUT2D eigenvalue weighted by molar-refractivity contribution is 7.28. The van der Waals surface area contributed by atoms with Crippen LogP contribution in [0.3, 0.4) is 0 Å². The fraction of sp³-hybridized carbons (Fsp3) is 0. The molecule has 1 aromatic carbocycles. The Balaban J connectivity index is 2.73. The van der Waals surface area contributed by atoms with Crippen molar-refractivity contribution in [2.24, 2.45) is 0 Å². The first-order chi connectivity index (χ1) is 6.59. The zero-order valence-corrected chi connectivity index (χ0v) is 7.82. The molecule has 0 unspecified atom stereocenters. The van der Waals surface area contributed by atoms with Crippen molar-refractivity contribution < 1.29 is 20.3 Å². The van der Waals surface area contributed by atoms with E-state index in [0.29, 0.717) is 10.1 Å². The van der Waals surface area contributed by atoms with E-state index in [2.05, 4.69) is 0 Å². The van der Waals surface area contributed by atoms with Crippen LogP contribution in [0, 0.1) is 0 Å². The molecule has 1 aromatic heterocycles. The zero-order valence-electron chi connectivity index (χ0n) is 7.01. The van der Waals surface area contributed by atoms with Crippen molar-refractivity contribution in [3.05, 3.63) is 18.2 Å². The summed E-state index contributed by atoms with van der Waals surface area (Å²) < 4.78 is 0.705. The summed E-state index contributed by atoms with van der Waals surface area (Å²) >= 11 is 1.04. The number of phenolic OH excluding ortho intramolecular Hbond substituents is 1. The van der Waals surface area contributed by atoms with Gasteiger partial charge in [0, 0.05) is 10.1 Å². The van der Waals surface area contributed by atoms with E-state index < -0.39 is 7.12 Å². The number of hydrogen-bond donors (Lipinski definition) is 4. The maximum absolute atomic E-state index is 9.56. The summed E-state index contributed by atoms with van der Waals surface area (Å²) in [5, 5.41) is 37.1. The molecular weight excluding hydrogens is 203 g/mol. The number of benzene rings is 1. The van der Waals surface area contributed by atoms with Gasteiger partial charge in [0.2, 0.25) is 0 Å². The van der Waals surface area contributed by atoms with E-state index in [-0.39, 0.29) is 16.3 Å². The van der Waals surface area contributed by atoms with Crippen LogP contribution < -0.4 is 4.78 Å². The van der Waals surface area contributed by atoms with Crippen LogP contribution in [0.2, 0.25) is 0 Å². The normalized spacial score (nSPS) is 10.7. The van der Waals surface area contributed by atoms with Gasteiger partial charge in [-0.25, -0.2) is 0 Å². The fourth-order valence-electron chi connectivity index (χ4n) is 1.27. The summed E-state index contributed by atoms with van der Waals surface area (Å²) in [4.78, 5) is 0. The number of aromatic hydroxyl groups is 2. The van der Waals surface area contributed by atoms with Gasteiger partial charge in [-0.3, -0.25) is 0 Å². The van der Waals surface area contributed by atoms with E-state index in [1.807, 2.05) is 0 Å². The quantitative estimate of drug-likeness (QED) is 0.499. The van der Waals surface area contributed by atoms with Crippen LogP contribution in [0.1, 0.15) is 0 Å².